The Labute approximate surface area is 203 Å². The number of amides is 4. The van der Waals surface area contributed by atoms with Gasteiger partial charge in [0.2, 0.25) is 5.91 Å². The van der Waals surface area contributed by atoms with Crippen LogP contribution in [0.5, 0.6) is 11.5 Å². The average molecular weight is 480 g/mol. The van der Waals surface area contributed by atoms with Crippen molar-refractivity contribution in [1.29, 1.82) is 0 Å². The van der Waals surface area contributed by atoms with Gasteiger partial charge in [0.1, 0.15) is 5.54 Å². The predicted octanol–water partition coefficient (Wildman–Crippen LogP) is 3.48. The molecular formula is C26H29N3O6. The topological polar surface area (TPSA) is 114 Å². The summed E-state index contributed by atoms with van der Waals surface area (Å²) in [7, 11) is 0. The van der Waals surface area contributed by atoms with Gasteiger partial charge < -0.3 is 20.1 Å². The summed E-state index contributed by atoms with van der Waals surface area (Å²) in [5.41, 5.74) is 0.101. The highest BCUT2D eigenvalue weighted by Crippen LogP contribution is 2.36. The summed E-state index contributed by atoms with van der Waals surface area (Å²) in [6, 6.07) is 10.9. The van der Waals surface area contributed by atoms with Crippen molar-refractivity contribution in [1.82, 2.24) is 10.2 Å². The van der Waals surface area contributed by atoms with E-state index >= 15 is 0 Å². The van der Waals surface area contributed by atoms with Crippen LogP contribution in [0.15, 0.2) is 42.5 Å². The Morgan fingerprint density at radius 2 is 1.74 bits per heavy atom. The van der Waals surface area contributed by atoms with E-state index in [9.17, 15) is 19.2 Å². The van der Waals surface area contributed by atoms with Crippen LogP contribution in [0.3, 0.4) is 0 Å². The van der Waals surface area contributed by atoms with Gasteiger partial charge in [-0.05, 0) is 54.8 Å². The van der Waals surface area contributed by atoms with Crippen LogP contribution < -0.4 is 20.1 Å². The molecule has 2 heterocycles. The molecule has 0 unspecified atom stereocenters. The zero-order valence-corrected chi connectivity index (χ0v) is 20.1. The number of benzene rings is 2. The highest BCUT2D eigenvalue weighted by atomic mass is 16.5. The molecule has 0 spiro atoms. The lowest BCUT2D eigenvalue weighted by molar-refractivity contribution is -0.130. The Bertz CT molecular complexity index is 1160. The van der Waals surface area contributed by atoms with Crippen LogP contribution in [0.2, 0.25) is 0 Å². The number of Topliss-reactive ketones (excluding diaryl/α,β-unsaturated/α-hetero) is 1. The van der Waals surface area contributed by atoms with Crippen LogP contribution in [0, 0.1) is 5.92 Å². The molecule has 2 aliphatic rings. The van der Waals surface area contributed by atoms with Crippen LogP contribution in [-0.2, 0) is 15.1 Å². The number of imide groups is 1. The van der Waals surface area contributed by atoms with E-state index < -0.39 is 29.8 Å². The number of carbonyl (C=O) groups is 4. The Hall–Kier alpha value is -3.88. The van der Waals surface area contributed by atoms with Gasteiger partial charge in [-0.2, -0.15) is 0 Å². The molecule has 1 fully saturated rings. The molecule has 4 rings (SSSR count). The average Bonchev–Trinajstić information content (AvgIpc) is 2.97. The Balaban J connectivity index is 1.45. The summed E-state index contributed by atoms with van der Waals surface area (Å²) in [6.07, 6.45) is 1.15. The summed E-state index contributed by atoms with van der Waals surface area (Å²) < 4.78 is 11.4. The minimum absolute atomic E-state index is 0.104. The standard InChI is InChI=1S/C26H29N3O6/c1-16(2)13-23(31)27-19-8-5-17(6-9-19)20(30)15-29-24(32)26(3,28-25(29)33)18-7-10-21-22(14-18)35-12-4-11-34-21/h5-10,14,16H,4,11-13,15H2,1-3H3,(H,27,31)(H,28,33)/t26-/m0/s1. The third kappa shape index (κ3) is 5.13. The number of nitrogens with zero attached hydrogens (tertiary/aromatic N) is 1. The lowest BCUT2D eigenvalue weighted by Gasteiger charge is -2.23. The van der Waals surface area contributed by atoms with Gasteiger partial charge in [-0.3, -0.25) is 19.3 Å². The molecule has 184 valence electrons. The van der Waals surface area contributed by atoms with Crippen molar-refractivity contribution < 1.29 is 28.7 Å². The lowest BCUT2D eigenvalue weighted by atomic mass is 9.91. The van der Waals surface area contributed by atoms with Gasteiger partial charge in [-0.1, -0.05) is 19.9 Å². The van der Waals surface area contributed by atoms with E-state index in [4.69, 9.17) is 9.47 Å². The fourth-order valence-electron chi connectivity index (χ4n) is 4.07. The number of nitrogens with one attached hydrogen (secondary N) is 2. The van der Waals surface area contributed by atoms with Crippen LogP contribution in [0.1, 0.15) is 49.5 Å². The van der Waals surface area contributed by atoms with E-state index in [1.54, 1.807) is 49.4 Å². The van der Waals surface area contributed by atoms with E-state index in [1.807, 2.05) is 13.8 Å². The molecule has 2 aliphatic heterocycles. The van der Waals surface area contributed by atoms with Crippen molar-refractivity contribution in [2.75, 3.05) is 25.1 Å². The van der Waals surface area contributed by atoms with Crippen molar-refractivity contribution in [3.63, 3.8) is 0 Å². The zero-order valence-electron chi connectivity index (χ0n) is 20.1. The second-order valence-electron chi connectivity index (χ2n) is 9.31. The Morgan fingerprint density at radius 1 is 1.06 bits per heavy atom. The fourth-order valence-corrected chi connectivity index (χ4v) is 4.07. The smallest absolute Gasteiger partial charge is 0.325 e. The summed E-state index contributed by atoms with van der Waals surface area (Å²) in [5, 5.41) is 5.50. The van der Waals surface area contributed by atoms with Gasteiger partial charge in [0, 0.05) is 24.1 Å². The number of urea groups is 1. The molecular weight excluding hydrogens is 450 g/mol. The van der Waals surface area contributed by atoms with Crippen LogP contribution in [0.4, 0.5) is 10.5 Å². The molecule has 2 aromatic rings. The molecule has 2 aromatic carbocycles. The largest absolute Gasteiger partial charge is 0.490 e. The van der Waals surface area contributed by atoms with Gasteiger partial charge in [0.15, 0.2) is 17.3 Å². The van der Waals surface area contributed by atoms with Crippen molar-refractivity contribution >= 4 is 29.3 Å². The number of ketones is 1. The van der Waals surface area contributed by atoms with Gasteiger partial charge >= 0.3 is 6.03 Å². The first-order valence-corrected chi connectivity index (χ1v) is 11.6. The fraction of sp³-hybridized carbons (Fsp3) is 0.385. The highest BCUT2D eigenvalue weighted by molar-refractivity contribution is 6.11. The number of hydrogen-bond acceptors (Lipinski definition) is 6. The maximum atomic E-state index is 13.3. The number of fused-ring (bicyclic) bond motifs is 1. The molecule has 0 saturated carbocycles. The van der Waals surface area contributed by atoms with E-state index in [1.165, 1.54) is 0 Å². The minimum atomic E-state index is -1.34. The quantitative estimate of drug-likeness (QED) is 0.464. The first-order chi connectivity index (χ1) is 16.7. The third-order valence-electron chi connectivity index (χ3n) is 5.99. The summed E-state index contributed by atoms with van der Waals surface area (Å²) >= 11 is 0. The molecule has 0 aliphatic carbocycles. The number of ether oxygens (including phenoxy) is 2. The van der Waals surface area contributed by atoms with Crippen LogP contribution >= 0.6 is 0 Å². The SMILES string of the molecule is CC(C)CC(=O)Nc1ccc(C(=O)CN2C(=O)N[C@@](C)(c3ccc4c(c3)OCCCO4)C2=O)cc1. The van der Waals surface area contributed by atoms with Gasteiger partial charge in [-0.15, -0.1) is 0 Å². The summed E-state index contributed by atoms with van der Waals surface area (Å²) in [4.78, 5) is 51.7. The maximum Gasteiger partial charge on any atom is 0.325 e. The van der Waals surface area contributed by atoms with E-state index in [2.05, 4.69) is 10.6 Å². The van der Waals surface area contributed by atoms with E-state index in [0.29, 0.717) is 47.9 Å². The van der Waals surface area contributed by atoms with Crippen molar-refractivity contribution in [3.8, 4) is 11.5 Å². The van der Waals surface area contributed by atoms with Gasteiger partial charge in [-0.25, -0.2) is 4.79 Å². The van der Waals surface area contributed by atoms with Crippen LogP contribution in [-0.4, -0.2) is 48.3 Å². The minimum Gasteiger partial charge on any atom is -0.490 e. The summed E-state index contributed by atoms with van der Waals surface area (Å²) in [6.45, 7) is 6.15. The van der Waals surface area contributed by atoms with Crippen molar-refractivity contribution in [3.05, 3.63) is 53.6 Å². The molecule has 4 amide bonds. The second-order valence-corrected chi connectivity index (χ2v) is 9.31. The normalized spacial score (nSPS) is 19.4. The first kappa shape index (κ1) is 24.3. The number of hydrogen-bond donors (Lipinski definition) is 2. The molecule has 9 heteroatoms. The Kier molecular flexibility index (Phi) is 6.77. The third-order valence-corrected chi connectivity index (χ3v) is 5.99. The highest BCUT2D eigenvalue weighted by Gasteiger charge is 2.49. The molecule has 9 nitrogen and oxygen atoms in total. The molecule has 0 aromatic heterocycles. The van der Waals surface area contributed by atoms with Crippen LogP contribution in [0.25, 0.3) is 0 Å². The number of anilines is 1. The molecule has 2 N–H and O–H groups in total. The molecule has 35 heavy (non-hydrogen) atoms. The lowest BCUT2D eigenvalue weighted by Crippen LogP contribution is -2.41. The zero-order chi connectivity index (χ0) is 25.2. The summed E-state index contributed by atoms with van der Waals surface area (Å²) in [5.74, 6) is 0.310. The number of rotatable bonds is 7. The second kappa shape index (κ2) is 9.77. The molecule has 0 bridgehead atoms. The monoisotopic (exact) mass is 479 g/mol. The van der Waals surface area contributed by atoms with Crippen molar-refractivity contribution in [2.45, 2.75) is 39.2 Å². The Morgan fingerprint density at radius 3 is 2.43 bits per heavy atom. The molecule has 1 saturated heterocycles. The number of carbonyl (C=O) groups excluding carboxylic acids is 4. The van der Waals surface area contributed by atoms with E-state index in [-0.39, 0.29) is 11.8 Å². The van der Waals surface area contributed by atoms with E-state index in [0.717, 1.165) is 11.3 Å². The van der Waals surface area contributed by atoms with Gasteiger partial charge in [0.05, 0.1) is 19.8 Å². The van der Waals surface area contributed by atoms with Crippen molar-refractivity contribution in [2.24, 2.45) is 5.92 Å². The first-order valence-electron chi connectivity index (χ1n) is 11.6. The molecule has 1 atom stereocenters. The maximum absolute atomic E-state index is 13.3. The predicted molar refractivity (Wildman–Crippen MR) is 129 cm³/mol. The van der Waals surface area contributed by atoms with Gasteiger partial charge in [0.25, 0.3) is 5.91 Å². The molecule has 0 radical (unpaired) electrons.